The summed E-state index contributed by atoms with van der Waals surface area (Å²) in [6.07, 6.45) is -3.67. The predicted molar refractivity (Wildman–Crippen MR) is 62.3 cm³/mol. The number of hydrogen-bond donors (Lipinski definition) is 4. The molecule has 16 heavy (non-hydrogen) atoms. The van der Waals surface area contributed by atoms with Crippen LogP contribution in [0.5, 0.6) is 0 Å². The summed E-state index contributed by atoms with van der Waals surface area (Å²) >= 11 is 0. The van der Waals surface area contributed by atoms with Crippen LogP contribution in [0.1, 0.15) is 27.7 Å². The monoisotopic (exact) mass is 236 g/mol. The van der Waals surface area contributed by atoms with Crippen LogP contribution >= 0.6 is 0 Å². The van der Waals surface area contributed by atoms with Crippen molar-refractivity contribution >= 4 is 12.3 Å². The fraction of sp³-hybridized carbons (Fsp3) is 0.400. The number of carboxylic acid groups (broad SMARTS) is 4. The minimum atomic E-state index is -1.83. The Morgan fingerprint density at radius 1 is 0.688 bits per heavy atom. The Hall–Kier alpha value is -1.98. The topological polar surface area (TPSA) is 115 Å². The van der Waals surface area contributed by atoms with Gasteiger partial charge in [0.05, 0.1) is 0 Å². The molecule has 0 aliphatic rings. The highest BCUT2D eigenvalue weighted by molar-refractivity contribution is 5.53. The Morgan fingerprint density at radius 2 is 0.688 bits per heavy atom. The number of hydrogen-bond acceptors (Lipinski definition) is 2. The lowest BCUT2D eigenvalue weighted by Crippen LogP contribution is -1.81. The Bertz CT molecular complexity index is 155. The van der Waals surface area contributed by atoms with Crippen molar-refractivity contribution < 1.29 is 30.0 Å². The molecular weight excluding hydrogens is 216 g/mol. The lowest BCUT2D eigenvalue weighted by atomic mass is 10.4. The van der Waals surface area contributed by atoms with Gasteiger partial charge in [-0.3, -0.25) is 0 Å². The maximum absolute atomic E-state index is 8.56. The average Bonchev–Trinajstić information content (AvgIpc) is 1.76. The first-order valence-corrected chi connectivity index (χ1v) is 4.01. The van der Waals surface area contributed by atoms with E-state index in [9.17, 15) is 0 Å². The Morgan fingerprint density at radius 3 is 0.688 bits per heavy atom. The average molecular weight is 236 g/mol. The van der Waals surface area contributed by atoms with Crippen LogP contribution in [0.4, 0.5) is 9.59 Å². The Kier molecular flexibility index (Phi) is 27.7. The van der Waals surface area contributed by atoms with Gasteiger partial charge in [0, 0.05) is 0 Å². The minimum Gasteiger partial charge on any atom is -0.450 e. The Balaban J connectivity index is -0.0000000600. The van der Waals surface area contributed by atoms with Crippen molar-refractivity contribution in [3.8, 4) is 0 Å². The summed E-state index contributed by atoms with van der Waals surface area (Å²) in [5.74, 6) is 0. The molecule has 0 heterocycles. The van der Waals surface area contributed by atoms with Gasteiger partial charge in [0.25, 0.3) is 0 Å². The standard InChI is InChI=1S/2C4H8.2CH2O3/c2*1-4(2)3;2*2-1(3)4/h2*1H2,2-3H3;2*(H2,2,3,4). The highest BCUT2D eigenvalue weighted by atomic mass is 16.6. The van der Waals surface area contributed by atoms with Crippen LogP contribution in [0.25, 0.3) is 0 Å². The summed E-state index contributed by atoms with van der Waals surface area (Å²) in [6.45, 7) is 15.0. The molecule has 0 aromatic carbocycles. The molecule has 0 fully saturated rings. The molecular formula is C10H20O6. The number of rotatable bonds is 0. The molecule has 4 N–H and O–H groups in total. The summed E-state index contributed by atoms with van der Waals surface area (Å²) in [5.41, 5.74) is 2.33. The van der Waals surface area contributed by atoms with E-state index in [0.29, 0.717) is 0 Å². The van der Waals surface area contributed by atoms with Crippen molar-refractivity contribution in [1.29, 1.82) is 0 Å². The van der Waals surface area contributed by atoms with Gasteiger partial charge in [0.15, 0.2) is 0 Å². The molecule has 0 amide bonds. The third kappa shape index (κ3) is 372. The van der Waals surface area contributed by atoms with Crippen LogP contribution in [0, 0.1) is 0 Å². The maximum Gasteiger partial charge on any atom is 0.503 e. The summed E-state index contributed by atoms with van der Waals surface area (Å²) in [7, 11) is 0. The smallest absolute Gasteiger partial charge is 0.450 e. The zero-order chi connectivity index (χ0) is 14.3. The zero-order valence-corrected chi connectivity index (χ0v) is 10.0. The van der Waals surface area contributed by atoms with E-state index in [2.05, 4.69) is 13.2 Å². The first-order chi connectivity index (χ1) is 6.93. The summed E-state index contributed by atoms with van der Waals surface area (Å²) < 4.78 is 0. The second-order valence-corrected chi connectivity index (χ2v) is 2.98. The first kappa shape index (κ1) is 23.7. The van der Waals surface area contributed by atoms with E-state index in [1.54, 1.807) is 0 Å². The van der Waals surface area contributed by atoms with Crippen LogP contribution in [-0.2, 0) is 0 Å². The van der Waals surface area contributed by atoms with Crippen molar-refractivity contribution in [1.82, 2.24) is 0 Å². The fourth-order valence-electron chi connectivity index (χ4n) is 0. The molecule has 6 heteroatoms. The molecule has 0 saturated heterocycles. The van der Waals surface area contributed by atoms with E-state index in [-0.39, 0.29) is 0 Å². The van der Waals surface area contributed by atoms with Crippen LogP contribution in [0.2, 0.25) is 0 Å². The van der Waals surface area contributed by atoms with E-state index >= 15 is 0 Å². The quantitative estimate of drug-likeness (QED) is 0.477. The van der Waals surface area contributed by atoms with Gasteiger partial charge in [-0.2, -0.15) is 0 Å². The molecule has 0 saturated carbocycles. The number of allylic oxidation sites excluding steroid dienone is 2. The third-order valence-corrected chi connectivity index (χ3v) is 0. The SMILES string of the molecule is C=C(C)C.C=C(C)C.O=C(O)O.O=C(O)O. The van der Waals surface area contributed by atoms with Gasteiger partial charge >= 0.3 is 12.3 Å². The second kappa shape index (κ2) is 18.7. The lowest BCUT2D eigenvalue weighted by molar-refractivity contribution is 0.135. The van der Waals surface area contributed by atoms with E-state index in [1.165, 1.54) is 11.1 Å². The van der Waals surface area contributed by atoms with Crippen molar-refractivity contribution in [2.45, 2.75) is 27.7 Å². The van der Waals surface area contributed by atoms with Crippen molar-refractivity contribution in [2.24, 2.45) is 0 Å². The fourth-order valence-corrected chi connectivity index (χ4v) is 0. The minimum absolute atomic E-state index is 1.17. The number of carbonyl (C=O) groups is 2. The van der Waals surface area contributed by atoms with Gasteiger partial charge in [0.2, 0.25) is 0 Å². The largest absolute Gasteiger partial charge is 0.503 e. The second-order valence-electron chi connectivity index (χ2n) is 2.98. The van der Waals surface area contributed by atoms with Crippen molar-refractivity contribution in [3.05, 3.63) is 24.3 Å². The predicted octanol–water partition coefficient (Wildman–Crippen LogP) is 3.61. The lowest BCUT2D eigenvalue weighted by Gasteiger charge is -1.65. The molecule has 0 unspecified atom stereocenters. The normalized spacial score (nSPS) is 6.25. The molecule has 0 aliphatic carbocycles. The molecule has 0 spiro atoms. The van der Waals surface area contributed by atoms with Gasteiger partial charge in [0.1, 0.15) is 0 Å². The molecule has 0 aromatic heterocycles. The van der Waals surface area contributed by atoms with Gasteiger partial charge in [-0.05, 0) is 27.7 Å². The summed E-state index contributed by atoms with van der Waals surface area (Å²) in [6, 6.07) is 0. The molecule has 0 bridgehead atoms. The highest BCUT2D eigenvalue weighted by Gasteiger charge is 1.70. The van der Waals surface area contributed by atoms with Crippen LogP contribution in [0.15, 0.2) is 24.3 Å². The Labute approximate surface area is 95.2 Å². The molecule has 0 aliphatic heterocycles. The zero-order valence-electron chi connectivity index (χ0n) is 10.0. The van der Waals surface area contributed by atoms with E-state index in [1.807, 2.05) is 27.7 Å². The van der Waals surface area contributed by atoms with Crippen molar-refractivity contribution in [2.75, 3.05) is 0 Å². The maximum atomic E-state index is 8.56. The van der Waals surface area contributed by atoms with Crippen LogP contribution < -0.4 is 0 Å². The summed E-state index contributed by atoms with van der Waals surface area (Å²) in [4.78, 5) is 17.1. The molecule has 6 nitrogen and oxygen atoms in total. The van der Waals surface area contributed by atoms with E-state index in [0.717, 1.165) is 0 Å². The molecule has 0 radical (unpaired) electrons. The van der Waals surface area contributed by atoms with E-state index in [4.69, 9.17) is 30.0 Å². The molecule has 0 rings (SSSR count). The molecule has 96 valence electrons. The van der Waals surface area contributed by atoms with Crippen molar-refractivity contribution in [3.63, 3.8) is 0 Å². The van der Waals surface area contributed by atoms with Crippen LogP contribution in [-0.4, -0.2) is 32.7 Å². The van der Waals surface area contributed by atoms with Gasteiger partial charge in [-0.1, -0.05) is 11.1 Å². The summed E-state index contributed by atoms with van der Waals surface area (Å²) in [5, 5.41) is 27.9. The van der Waals surface area contributed by atoms with Gasteiger partial charge < -0.3 is 20.4 Å². The van der Waals surface area contributed by atoms with Crippen LogP contribution in [0.3, 0.4) is 0 Å². The highest BCUT2D eigenvalue weighted by Crippen LogP contribution is 1.74. The van der Waals surface area contributed by atoms with E-state index < -0.39 is 12.3 Å². The first-order valence-electron chi connectivity index (χ1n) is 4.01. The third-order valence-electron chi connectivity index (χ3n) is 0. The molecule has 0 atom stereocenters. The molecule has 0 aromatic rings. The van der Waals surface area contributed by atoms with Gasteiger partial charge in [-0.25, -0.2) is 9.59 Å². The van der Waals surface area contributed by atoms with Gasteiger partial charge in [-0.15, -0.1) is 13.2 Å².